The summed E-state index contributed by atoms with van der Waals surface area (Å²) in [5.41, 5.74) is 4.40. The monoisotopic (exact) mass is 426 g/mol. The van der Waals surface area contributed by atoms with E-state index in [1.54, 1.807) is 11.3 Å². The number of esters is 1. The highest BCUT2D eigenvalue weighted by Crippen LogP contribution is 2.35. The predicted molar refractivity (Wildman–Crippen MR) is 119 cm³/mol. The third-order valence-corrected chi connectivity index (χ3v) is 6.29. The summed E-state index contributed by atoms with van der Waals surface area (Å²) in [5, 5.41) is 6.96. The Labute approximate surface area is 179 Å². The Bertz CT molecular complexity index is 961. The first-order valence-corrected chi connectivity index (χ1v) is 11.1. The van der Waals surface area contributed by atoms with Crippen molar-refractivity contribution in [3.63, 3.8) is 0 Å². The second-order valence-electron chi connectivity index (χ2n) is 7.37. The molecular formula is C23H23ClN2O2S. The normalized spacial score (nSPS) is 19.0. The average molecular weight is 427 g/mol. The molecule has 1 aliphatic carbocycles. The molecule has 0 unspecified atom stereocenters. The first-order valence-electron chi connectivity index (χ1n) is 9.82. The number of hydrogen-bond donors (Lipinski definition) is 1. The van der Waals surface area contributed by atoms with Crippen molar-refractivity contribution in [3.05, 3.63) is 64.5 Å². The van der Waals surface area contributed by atoms with Gasteiger partial charge in [-0.15, -0.1) is 11.3 Å². The molecular weight excluding hydrogens is 404 g/mol. The maximum absolute atomic E-state index is 11.1. The zero-order chi connectivity index (χ0) is 20.2. The molecule has 0 radical (unpaired) electrons. The van der Waals surface area contributed by atoms with E-state index in [1.807, 2.05) is 24.3 Å². The van der Waals surface area contributed by atoms with Crippen molar-refractivity contribution >= 4 is 39.7 Å². The smallest absolute Gasteiger partial charge is 0.302 e. The molecule has 0 saturated heterocycles. The fourth-order valence-corrected chi connectivity index (χ4v) is 4.66. The maximum atomic E-state index is 11.1. The molecule has 0 amide bonds. The Hall–Kier alpha value is -2.37. The second-order valence-corrected chi connectivity index (χ2v) is 8.67. The Kier molecular flexibility index (Phi) is 6.16. The molecule has 2 aromatic carbocycles. The molecule has 1 N–H and O–H groups in total. The van der Waals surface area contributed by atoms with Crippen molar-refractivity contribution in [2.45, 2.75) is 44.6 Å². The van der Waals surface area contributed by atoms with Crippen molar-refractivity contribution in [2.75, 3.05) is 5.32 Å². The zero-order valence-electron chi connectivity index (χ0n) is 16.2. The van der Waals surface area contributed by atoms with E-state index < -0.39 is 0 Å². The molecule has 1 saturated carbocycles. The van der Waals surface area contributed by atoms with Crippen LogP contribution in [0.4, 0.5) is 10.8 Å². The minimum atomic E-state index is -0.175. The van der Waals surface area contributed by atoms with Gasteiger partial charge in [0, 0.05) is 28.6 Å². The Balaban J connectivity index is 1.38. The van der Waals surface area contributed by atoms with Gasteiger partial charge in [0.2, 0.25) is 0 Å². The van der Waals surface area contributed by atoms with E-state index in [1.165, 1.54) is 12.5 Å². The third-order valence-electron chi connectivity index (χ3n) is 5.28. The van der Waals surface area contributed by atoms with Gasteiger partial charge in [-0.05, 0) is 61.4 Å². The van der Waals surface area contributed by atoms with E-state index in [-0.39, 0.29) is 12.1 Å². The topological polar surface area (TPSA) is 51.2 Å². The largest absolute Gasteiger partial charge is 0.463 e. The van der Waals surface area contributed by atoms with Crippen LogP contribution < -0.4 is 5.32 Å². The highest BCUT2D eigenvalue weighted by molar-refractivity contribution is 7.14. The number of hydrogen-bond acceptors (Lipinski definition) is 5. The molecule has 4 rings (SSSR count). The van der Waals surface area contributed by atoms with E-state index in [9.17, 15) is 4.79 Å². The van der Waals surface area contributed by atoms with Gasteiger partial charge in [-0.25, -0.2) is 4.98 Å². The first-order chi connectivity index (χ1) is 14.1. The van der Waals surface area contributed by atoms with Crippen molar-refractivity contribution in [3.8, 4) is 11.3 Å². The number of nitrogens with zero attached hydrogens (tertiary/aromatic N) is 1. The molecule has 150 valence electrons. The van der Waals surface area contributed by atoms with Crippen LogP contribution in [0.5, 0.6) is 0 Å². The van der Waals surface area contributed by atoms with Gasteiger partial charge in [0.05, 0.1) is 5.69 Å². The predicted octanol–water partition coefficient (Wildman–Crippen LogP) is 6.80. The summed E-state index contributed by atoms with van der Waals surface area (Å²) in [6, 6.07) is 16.3. The van der Waals surface area contributed by atoms with Crippen LogP contribution in [0, 0.1) is 0 Å². The number of anilines is 2. The molecule has 3 aromatic rings. The van der Waals surface area contributed by atoms with E-state index >= 15 is 0 Å². The number of ether oxygens (including phenoxy) is 1. The maximum Gasteiger partial charge on any atom is 0.302 e. The molecule has 1 aliphatic rings. The lowest BCUT2D eigenvalue weighted by molar-refractivity contribution is -0.147. The standard InChI is InChI=1S/C23H23ClN2O2S/c1-15(27)28-21-12-6-17(7-13-21)16-2-4-18(5-3-16)22-14-29-23(26-22)25-20-10-8-19(24)9-11-20/h2-5,8-11,14,17,21H,6-7,12-13H2,1H3,(H,25,26). The zero-order valence-corrected chi connectivity index (χ0v) is 17.8. The molecule has 0 aliphatic heterocycles. The molecule has 0 atom stereocenters. The number of carbonyl (C=O) groups is 1. The SMILES string of the molecule is CC(=O)OC1CCC(c2ccc(-c3csc(Nc4ccc(Cl)cc4)n3)cc2)CC1. The van der Waals surface area contributed by atoms with Crippen molar-refractivity contribution in [2.24, 2.45) is 0 Å². The summed E-state index contributed by atoms with van der Waals surface area (Å²) in [5.74, 6) is 0.361. The first kappa shape index (κ1) is 19.9. The van der Waals surface area contributed by atoms with Gasteiger partial charge >= 0.3 is 5.97 Å². The Morgan fingerprint density at radius 1 is 1.07 bits per heavy atom. The molecule has 0 spiro atoms. The number of nitrogens with one attached hydrogen (secondary N) is 1. The number of aromatic nitrogens is 1. The van der Waals surface area contributed by atoms with E-state index in [2.05, 4.69) is 35.0 Å². The molecule has 1 fully saturated rings. The quantitative estimate of drug-likeness (QED) is 0.456. The molecule has 6 heteroatoms. The second kappa shape index (κ2) is 8.97. The summed E-state index contributed by atoms with van der Waals surface area (Å²) in [7, 11) is 0. The van der Waals surface area contributed by atoms with E-state index in [4.69, 9.17) is 21.3 Å². The van der Waals surface area contributed by atoms with Crippen LogP contribution in [-0.2, 0) is 9.53 Å². The fraction of sp³-hybridized carbons (Fsp3) is 0.304. The van der Waals surface area contributed by atoms with E-state index in [0.29, 0.717) is 5.92 Å². The van der Waals surface area contributed by atoms with Crippen molar-refractivity contribution in [1.82, 2.24) is 4.98 Å². The number of benzene rings is 2. The Morgan fingerprint density at radius 3 is 2.41 bits per heavy atom. The minimum Gasteiger partial charge on any atom is -0.463 e. The number of thiazole rings is 1. The van der Waals surface area contributed by atoms with Gasteiger partial charge < -0.3 is 10.1 Å². The molecule has 4 nitrogen and oxygen atoms in total. The molecule has 1 aromatic heterocycles. The van der Waals surface area contributed by atoms with Crippen molar-refractivity contribution < 1.29 is 9.53 Å². The van der Waals surface area contributed by atoms with Gasteiger partial charge in [-0.1, -0.05) is 35.9 Å². The van der Waals surface area contributed by atoms with Gasteiger partial charge in [0.1, 0.15) is 6.10 Å². The van der Waals surface area contributed by atoms with Gasteiger partial charge in [0.25, 0.3) is 0 Å². The van der Waals surface area contributed by atoms with Crippen LogP contribution in [0.3, 0.4) is 0 Å². The minimum absolute atomic E-state index is 0.0876. The van der Waals surface area contributed by atoms with Crippen LogP contribution in [0.25, 0.3) is 11.3 Å². The lowest BCUT2D eigenvalue weighted by Gasteiger charge is -2.28. The summed E-state index contributed by atoms with van der Waals surface area (Å²) in [6.45, 7) is 1.49. The van der Waals surface area contributed by atoms with Crippen LogP contribution in [0.15, 0.2) is 53.9 Å². The van der Waals surface area contributed by atoms with Crippen LogP contribution in [0.1, 0.15) is 44.1 Å². The van der Waals surface area contributed by atoms with Gasteiger partial charge in [0.15, 0.2) is 5.13 Å². The third kappa shape index (κ3) is 5.17. The molecule has 1 heterocycles. The summed E-state index contributed by atoms with van der Waals surface area (Å²) < 4.78 is 5.34. The van der Waals surface area contributed by atoms with Crippen LogP contribution in [0.2, 0.25) is 5.02 Å². The lowest BCUT2D eigenvalue weighted by atomic mass is 9.82. The van der Waals surface area contributed by atoms with Crippen LogP contribution in [-0.4, -0.2) is 17.1 Å². The van der Waals surface area contributed by atoms with Crippen molar-refractivity contribution in [1.29, 1.82) is 0 Å². The van der Waals surface area contributed by atoms with Gasteiger partial charge in [-0.3, -0.25) is 4.79 Å². The fourth-order valence-electron chi connectivity index (χ4n) is 3.80. The van der Waals surface area contributed by atoms with E-state index in [0.717, 1.165) is 52.8 Å². The molecule has 0 bridgehead atoms. The Morgan fingerprint density at radius 2 is 1.76 bits per heavy atom. The average Bonchev–Trinajstić information content (AvgIpc) is 3.19. The summed E-state index contributed by atoms with van der Waals surface area (Å²) in [6.07, 6.45) is 4.09. The number of halogens is 1. The van der Waals surface area contributed by atoms with Gasteiger partial charge in [-0.2, -0.15) is 0 Å². The highest BCUT2D eigenvalue weighted by Gasteiger charge is 2.24. The van der Waals surface area contributed by atoms with Crippen LogP contribution >= 0.6 is 22.9 Å². The highest BCUT2D eigenvalue weighted by atomic mass is 35.5. The summed E-state index contributed by atoms with van der Waals surface area (Å²) in [4.78, 5) is 15.8. The lowest BCUT2D eigenvalue weighted by Crippen LogP contribution is -2.22. The molecule has 29 heavy (non-hydrogen) atoms. The number of carbonyl (C=O) groups excluding carboxylic acids is 1. The number of rotatable bonds is 5. The summed E-state index contributed by atoms with van der Waals surface area (Å²) >= 11 is 7.52.